The van der Waals surface area contributed by atoms with E-state index in [2.05, 4.69) is 13.2 Å². The van der Waals surface area contributed by atoms with Crippen molar-refractivity contribution in [2.45, 2.75) is 25.6 Å². The van der Waals surface area contributed by atoms with Crippen molar-refractivity contribution < 1.29 is 24.2 Å². The number of hydrogen-bond acceptors (Lipinski definition) is 5. The molecule has 100 valence electrons. The van der Waals surface area contributed by atoms with Gasteiger partial charge in [-0.15, -0.1) is 13.2 Å². The van der Waals surface area contributed by atoms with Gasteiger partial charge in [-0.1, -0.05) is 19.1 Å². The van der Waals surface area contributed by atoms with E-state index >= 15 is 0 Å². The maximum absolute atomic E-state index is 11.9. The van der Waals surface area contributed by atoms with Gasteiger partial charge >= 0.3 is 5.97 Å². The summed E-state index contributed by atoms with van der Waals surface area (Å²) in [6, 6.07) is 0. The molecule has 0 saturated carbocycles. The summed E-state index contributed by atoms with van der Waals surface area (Å²) < 4.78 is 10.4. The molecule has 1 rings (SSSR count). The molecule has 5 nitrogen and oxygen atoms in total. The van der Waals surface area contributed by atoms with Gasteiger partial charge in [0.2, 0.25) is 0 Å². The first-order chi connectivity index (χ1) is 8.56. The standard InChI is InChI=1S/C13H18O5/c1-4-7-17-13(16)11-9(6-3)18-8(5-2)10(11)12(14)15/h5-6,8-11H,2-4,7H2,1H3,(H,14,15)/p-1. The molecule has 4 unspecified atom stereocenters. The number of carbonyl (C=O) groups excluding carboxylic acids is 2. The third kappa shape index (κ3) is 2.79. The number of ether oxygens (including phenoxy) is 2. The van der Waals surface area contributed by atoms with E-state index in [4.69, 9.17) is 9.47 Å². The Balaban J connectivity index is 2.93. The van der Waals surface area contributed by atoms with E-state index in [0.717, 1.165) is 0 Å². The van der Waals surface area contributed by atoms with Crippen LogP contribution in [0.15, 0.2) is 25.3 Å². The highest BCUT2D eigenvalue weighted by Crippen LogP contribution is 2.34. The van der Waals surface area contributed by atoms with Crippen molar-refractivity contribution in [3.63, 3.8) is 0 Å². The fourth-order valence-electron chi connectivity index (χ4n) is 2.02. The van der Waals surface area contributed by atoms with Crippen molar-refractivity contribution in [2.75, 3.05) is 6.61 Å². The summed E-state index contributed by atoms with van der Waals surface area (Å²) in [7, 11) is 0. The lowest BCUT2D eigenvalue weighted by molar-refractivity contribution is -0.313. The van der Waals surface area contributed by atoms with Crippen molar-refractivity contribution in [2.24, 2.45) is 11.8 Å². The monoisotopic (exact) mass is 253 g/mol. The van der Waals surface area contributed by atoms with Crippen LogP contribution in [0.4, 0.5) is 0 Å². The third-order valence-corrected chi connectivity index (χ3v) is 2.87. The van der Waals surface area contributed by atoms with Crippen molar-refractivity contribution in [3.8, 4) is 0 Å². The molecule has 0 aromatic heterocycles. The second-order valence-corrected chi connectivity index (χ2v) is 4.07. The van der Waals surface area contributed by atoms with Crippen molar-refractivity contribution in [3.05, 3.63) is 25.3 Å². The lowest BCUT2D eigenvalue weighted by Crippen LogP contribution is -2.42. The molecule has 0 bridgehead atoms. The van der Waals surface area contributed by atoms with Crippen molar-refractivity contribution >= 4 is 11.9 Å². The molecular formula is C13H17O5-. The highest BCUT2D eigenvalue weighted by Gasteiger charge is 2.47. The molecule has 4 atom stereocenters. The lowest BCUT2D eigenvalue weighted by Gasteiger charge is -2.21. The fourth-order valence-corrected chi connectivity index (χ4v) is 2.02. The maximum Gasteiger partial charge on any atom is 0.312 e. The number of carboxylic acid groups (broad SMARTS) is 1. The molecule has 1 heterocycles. The van der Waals surface area contributed by atoms with Crippen molar-refractivity contribution in [1.29, 1.82) is 0 Å². The van der Waals surface area contributed by atoms with Gasteiger partial charge in [-0.3, -0.25) is 4.79 Å². The first kappa shape index (κ1) is 14.4. The second-order valence-electron chi connectivity index (χ2n) is 4.07. The van der Waals surface area contributed by atoms with Crippen LogP contribution in [-0.4, -0.2) is 30.8 Å². The molecule has 1 saturated heterocycles. The van der Waals surface area contributed by atoms with Crippen LogP contribution in [0.25, 0.3) is 0 Å². The zero-order valence-corrected chi connectivity index (χ0v) is 10.3. The summed E-state index contributed by atoms with van der Waals surface area (Å²) in [5, 5.41) is 11.1. The molecule has 0 aromatic carbocycles. The summed E-state index contributed by atoms with van der Waals surface area (Å²) in [5.41, 5.74) is 0. The predicted molar refractivity (Wildman–Crippen MR) is 62.3 cm³/mol. The number of aliphatic carboxylic acids is 1. The van der Waals surface area contributed by atoms with Crippen LogP contribution in [0, 0.1) is 11.8 Å². The van der Waals surface area contributed by atoms with Crippen LogP contribution in [0.5, 0.6) is 0 Å². The molecule has 1 aliphatic rings. The smallest absolute Gasteiger partial charge is 0.312 e. The molecule has 0 aliphatic carbocycles. The Labute approximate surface area is 106 Å². The van der Waals surface area contributed by atoms with Gasteiger partial charge in [0.15, 0.2) is 0 Å². The van der Waals surface area contributed by atoms with Gasteiger partial charge in [0.05, 0.1) is 24.7 Å². The van der Waals surface area contributed by atoms with Crippen LogP contribution in [0.2, 0.25) is 0 Å². The Morgan fingerprint density at radius 2 is 1.83 bits per heavy atom. The summed E-state index contributed by atoms with van der Waals surface area (Å²) in [6.07, 6.45) is 1.96. The summed E-state index contributed by atoms with van der Waals surface area (Å²) >= 11 is 0. The van der Waals surface area contributed by atoms with Crippen LogP contribution in [0.3, 0.4) is 0 Å². The average molecular weight is 253 g/mol. The third-order valence-electron chi connectivity index (χ3n) is 2.87. The SMILES string of the molecule is C=CC1OC(C=C)C(C(=O)OCCC)C1C(=O)[O-]. The number of carbonyl (C=O) groups is 2. The van der Waals surface area contributed by atoms with Gasteiger partial charge in [0.25, 0.3) is 0 Å². The van der Waals surface area contributed by atoms with Gasteiger partial charge in [-0.05, 0) is 6.42 Å². The predicted octanol–water partition coefficient (Wildman–Crippen LogP) is 0.0613. The van der Waals surface area contributed by atoms with Gasteiger partial charge in [-0.25, -0.2) is 0 Å². The van der Waals surface area contributed by atoms with E-state index in [1.165, 1.54) is 12.2 Å². The molecule has 1 fully saturated rings. The Kier molecular flexibility index (Phi) is 5.09. The van der Waals surface area contributed by atoms with Crippen LogP contribution < -0.4 is 5.11 Å². The first-order valence-electron chi connectivity index (χ1n) is 5.84. The van der Waals surface area contributed by atoms with Gasteiger partial charge < -0.3 is 19.4 Å². The minimum atomic E-state index is -1.34. The average Bonchev–Trinajstić information content (AvgIpc) is 2.74. The molecule has 18 heavy (non-hydrogen) atoms. The minimum absolute atomic E-state index is 0.248. The minimum Gasteiger partial charge on any atom is -0.550 e. The topological polar surface area (TPSA) is 75.7 Å². The van der Waals surface area contributed by atoms with Gasteiger partial charge in [0.1, 0.15) is 0 Å². The van der Waals surface area contributed by atoms with Gasteiger partial charge in [-0.2, -0.15) is 0 Å². The second kappa shape index (κ2) is 6.35. The van der Waals surface area contributed by atoms with Crippen LogP contribution >= 0.6 is 0 Å². The van der Waals surface area contributed by atoms with Gasteiger partial charge in [0, 0.05) is 11.9 Å². The zero-order valence-electron chi connectivity index (χ0n) is 10.3. The largest absolute Gasteiger partial charge is 0.550 e. The fraction of sp³-hybridized carbons (Fsp3) is 0.538. The number of esters is 1. The number of carboxylic acids is 1. The summed E-state index contributed by atoms with van der Waals surface area (Å²) in [6.45, 7) is 9.14. The molecule has 0 aromatic rings. The lowest BCUT2D eigenvalue weighted by atomic mass is 9.87. The normalized spacial score (nSPS) is 30.7. The highest BCUT2D eigenvalue weighted by molar-refractivity contribution is 5.82. The quantitative estimate of drug-likeness (QED) is 0.494. The molecule has 0 amide bonds. The van der Waals surface area contributed by atoms with E-state index in [9.17, 15) is 14.7 Å². The molecule has 0 N–H and O–H groups in total. The number of rotatable bonds is 6. The first-order valence-corrected chi connectivity index (χ1v) is 5.84. The summed E-state index contributed by atoms with van der Waals surface area (Å²) in [5.74, 6) is -3.96. The van der Waals surface area contributed by atoms with E-state index < -0.39 is 36.0 Å². The van der Waals surface area contributed by atoms with E-state index in [0.29, 0.717) is 6.42 Å². The Morgan fingerprint density at radius 1 is 1.28 bits per heavy atom. The molecule has 0 spiro atoms. The Hall–Kier alpha value is -1.62. The van der Waals surface area contributed by atoms with E-state index in [-0.39, 0.29) is 6.61 Å². The highest BCUT2D eigenvalue weighted by atomic mass is 16.5. The molecule has 5 heteroatoms. The Morgan fingerprint density at radius 3 is 2.28 bits per heavy atom. The van der Waals surface area contributed by atoms with E-state index in [1.807, 2.05) is 6.92 Å². The van der Waals surface area contributed by atoms with Crippen molar-refractivity contribution in [1.82, 2.24) is 0 Å². The van der Waals surface area contributed by atoms with Crippen LogP contribution in [0.1, 0.15) is 13.3 Å². The summed E-state index contributed by atoms with van der Waals surface area (Å²) in [4.78, 5) is 23.0. The zero-order chi connectivity index (χ0) is 13.7. The van der Waals surface area contributed by atoms with E-state index in [1.54, 1.807) is 0 Å². The molecule has 0 radical (unpaired) electrons. The molecule has 1 aliphatic heterocycles. The molecular weight excluding hydrogens is 236 g/mol. The Bertz CT molecular complexity index is 349. The van der Waals surface area contributed by atoms with Crippen LogP contribution in [-0.2, 0) is 19.1 Å². The number of hydrogen-bond donors (Lipinski definition) is 0. The maximum atomic E-state index is 11.9.